The largest absolute Gasteiger partial charge is 0.488 e. The van der Waals surface area contributed by atoms with Gasteiger partial charge in [0, 0.05) is 36.1 Å². The molecule has 0 aliphatic carbocycles. The first-order valence-corrected chi connectivity index (χ1v) is 8.24. The summed E-state index contributed by atoms with van der Waals surface area (Å²) in [4.78, 5) is 2.55. The third kappa shape index (κ3) is 3.02. The van der Waals surface area contributed by atoms with Crippen molar-refractivity contribution in [3.8, 4) is 5.75 Å². The zero-order chi connectivity index (χ0) is 14.2. The van der Waals surface area contributed by atoms with Gasteiger partial charge < -0.3 is 10.1 Å². The molecule has 0 spiro atoms. The van der Waals surface area contributed by atoms with Crippen LogP contribution in [-0.2, 0) is 6.42 Å². The van der Waals surface area contributed by atoms with E-state index in [1.165, 1.54) is 18.4 Å². The summed E-state index contributed by atoms with van der Waals surface area (Å²) < 4.78 is 7.21. The van der Waals surface area contributed by atoms with Crippen LogP contribution in [0.4, 0.5) is 0 Å². The Balaban J connectivity index is 1.54. The average Bonchev–Trinajstić information content (AvgIpc) is 2.83. The fraction of sp³-hybridized carbons (Fsp3) is 0.625. The Labute approximate surface area is 129 Å². The van der Waals surface area contributed by atoms with Crippen LogP contribution in [0.1, 0.15) is 25.3 Å². The molecule has 0 amide bonds. The number of hydrogen-bond donors (Lipinski definition) is 1. The predicted molar refractivity (Wildman–Crippen MR) is 85.4 cm³/mol. The number of likely N-dealkylation sites (tertiary alicyclic amines) is 1. The summed E-state index contributed by atoms with van der Waals surface area (Å²) >= 11 is 3.53. The predicted octanol–water partition coefficient (Wildman–Crippen LogP) is 2.83. The van der Waals surface area contributed by atoms with E-state index in [1.54, 1.807) is 0 Å². The van der Waals surface area contributed by atoms with E-state index >= 15 is 0 Å². The van der Waals surface area contributed by atoms with Gasteiger partial charge in [0.15, 0.2) is 0 Å². The number of benzene rings is 1. The average molecular weight is 339 g/mol. The molecule has 20 heavy (non-hydrogen) atoms. The van der Waals surface area contributed by atoms with E-state index in [2.05, 4.69) is 58.3 Å². The number of ether oxygens (including phenoxy) is 1. The monoisotopic (exact) mass is 338 g/mol. The minimum Gasteiger partial charge on any atom is -0.488 e. The van der Waals surface area contributed by atoms with E-state index in [9.17, 15) is 0 Å². The van der Waals surface area contributed by atoms with Crippen LogP contribution in [0.3, 0.4) is 0 Å². The molecular formula is C16H23BrN2O. The molecule has 4 heteroatoms. The summed E-state index contributed by atoms with van der Waals surface area (Å²) in [6.45, 7) is 5.70. The van der Waals surface area contributed by atoms with E-state index in [4.69, 9.17) is 4.74 Å². The van der Waals surface area contributed by atoms with Crippen LogP contribution in [0.15, 0.2) is 22.7 Å². The maximum Gasteiger partial charge on any atom is 0.123 e. The summed E-state index contributed by atoms with van der Waals surface area (Å²) in [7, 11) is 2.07. The lowest BCUT2D eigenvalue weighted by Crippen LogP contribution is -2.51. The normalized spacial score (nSPS) is 25.2. The molecule has 1 unspecified atom stereocenters. The SMILES string of the molecule is CNC1(C)CCN(CC2Cc3cc(Br)ccc3O2)CC1. The zero-order valence-corrected chi connectivity index (χ0v) is 13.9. The first kappa shape index (κ1) is 14.4. The van der Waals surface area contributed by atoms with Gasteiger partial charge in [-0.1, -0.05) is 15.9 Å². The molecule has 2 aliphatic rings. The van der Waals surface area contributed by atoms with Crippen molar-refractivity contribution >= 4 is 15.9 Å². The van der Waals surface area contributed by atoms with Gasteiger partial charge in [-0.2, -0.15) is 0 Å². The highest BCUT2D eigenvalue weighted by Crippen LogP contribution is 2.32. The zero-order valence-electron chi connectivity index (χ0n) is 12.3. The minimum atomic E-state index is 0.318. The molecule has 3 rings (SSSR count). The first-order valence-electron chi connectivity index (χ1n) is 7.44. The Kier molecular flexibility index (Phi) is 4.07. The Morgan fingerprint density at radius 2 is 2.15 bits per heavy atom. The van der Waals surface area contributed by atoms with Crippen molar-refractivity contribution in [2.45, 2.75) is 37.8 Å². The molecule has 1 fully saturated rings. The number of fused-ring (bicyclic) bond motifs is 1. The number of rotatable bonds is 3. The lowest BCUT2D eigenvalue weighted by Gasteiger charge is -2.39. The Hall–Kier alpha value is -0.580. The van der Waals surface area contributed by atoms with Crippen molar-refractivity contribution in [1.29, 1.82) is 0 Å². The van der Waals surface area contributed by atoms with E-state index in [0.717, 1.165) is 36.3 Å². The number of piperidine rings is 1. The van der Waals surface area contributed by atoms with E-state index in [-0.39, 0.29) is 0 Å². The molecule has 2 heterocycles. The number of halogens is 1. The Morgan fingerprint density at radius 1 is 1.40 bits per heavy atom. The molecule has 3 nitrogen and oxygen atoms in total. The van der Waals surface area contributed by atoms with Gasteiger partial charge >= 0.3 is 0 Å². The maximum atomic E-state index is 6.06. The second-order valence-electron chi connectivity index (χ2n) is 6.31. The first-order chi connectivity index (χ1) is 9.58. The summed E-state index contributed by atoms with van der Waals surface area (Å²) in [6, 6.07) is 6.32. The van der Waals surface area contributed by atoms with Gasteiger partial charge in [-0.25, -0.2) is 0 Å². The molecule has 1 saturated heterocycles. The van der Waals surface area contributed by atoms with Gasteiger partial charge in [-0.15, -0.1) is 0 Å². The summed E-state index contributed by atoms with van der Waals surface area (Å²) in [6.07, 6.45) is 3.79. The topological polar surface area (TPSA) is 24.5 Å². The van der Waals surface area contributed by atoms with Gasteiger partial charge in [-0.05, 0) is 50.6 Å². The van der Waals surface area contributed by atoms with E-state index in [1.807, 2.05) is 0 Å². The molecule has 1 atom stereocenters. The van der Waals surface area contributed by atoms with Gasteiger partial charge in [0.1, 0.15) is 11.9 Å². The smallest absolute Gasteiger partial charge is 0.123 e. The van der Waals surface area contributed by atoms with Crippen molar-refractivity contribution in [3.05, 3.63) is 28.2 Å². The van der Waals surface area contributed by atoms with Crippen molar-refractivity contribution in [1.82, 2.24) is 10.2 Å². The molecular weight excluding hydrogens is 316 g/mol. The lowest BCUT2D eigenvalue weighted by molar-refractivity contribution is 0.102. The van der Waals surface area contributed by atoms with Crippen LogP contribution in [0, 0.1) is 0 Å². The van der Waals surface area contributed by atoms with Crippen molar-refractivity contribution < 1.29 is 4.74 Å². The third-order valence-electron chi connectivity index (χ3n) is 4.79. The highest BCUT2D eigenvalue weighted by Gasteiger charge is 2.31. The molecule has 1 aromatic rings. The van der Waals surface area contributed by atoms with Crippen LogP contribution < -0.4 is 10.1 Å². The fourth-order valence-electron chi connectivity index (χ4n) is 3.16. The summed E-state index contributed by atoms with van der Waals surface area (Å²) in [5.74, 6) is 1.07. The highest BCUT2D eigenvalue weighted by atomic mass is 79.9. The quantitative estimate of drug-likeness (QED) is 0.917. The van der Waals surface area contributed by atoms with Crippen LogP contribution in [0.2, 0.25) is 0 Å². The fourth-order valence-corrected chi connectivity index (χ4v) is 3.57. The highest BCUT2D eigenvalue weighted by molar-refractivity contribution is 9.10. The van der Waals surface area contributed by atoms with E-state index < -0.39 is 0 Å². The van der Waals surface area contributed by atoms with Crippen LogP contribution in [0.25, 0.3) is 0 Å². The van der Waals surface area contributed by atoms with Crippen molar-refractivity contribution in [2.75, 3.05) is 26.7 Å². The van der Waals surface area contributed by atoms with Crippen molar-refractivity contribution in [2.24, 2.45) is 0 Å². The number of nitrogens with zero attached hydrogens (tertiary/aromatic N) is 1. The van der Waals surface area contributed by atoms with E-state index in [0.29, 0.717) is 11.6 Å². The van der Waals surface area contributed by atoms with Crippen molar-refractivity contribution in [3.63, 3.8) is 0 Å². The number of hydrogen-bond acceptors (Lipinski definition) is 3. The standard InChI is InChI=1S/C16H23BrN2O/c1-16(18-2)5-7-19(8-6-16)11-14-10-12-9-13(17)3-4-15(12)20-14/h3-4,9,14,18H,5-8,10-11H2,1-2H3. The van der Waals surface area contributed by atoms with Gasteiger partial charge in [0.05, 0.1) is 0 Å². The second kappa shape index (κ2) is 5.66. The molecule has 2 aliphatic heterocycles. The molecule has 1 aromatic carbocycles. The van der Waals surface area contributed by atoms with Crippen LogP contribution in [-0.4, -0.2) is 43.2 Å². The molecule has 1 N–H and O–H groups in total. The Bertz CT molecular complexity index is 483. The Morgan fingerprint density at radius 3 is 2.85 bits per heavy atom. The molecule has 0 aromatic heterocycles. The summed E-state index contributed by atoms with van der Waals surface area (Å²) in [5, 5.41) is 3.45. The third-order valence-corrected chi connectivity index (χ3v) is 5.28. The van der Waals surface area contributed by atoms with Crippen LogP contribution >= 0.6 is 15.9 Å². The van der Waals surface area contributed by atoms with Crippen LogP contribution in [0.5, 0.6) is 5.75 Å². The number of nitrogens with one attached hydrogen (secondary N) is 1. The molecule has 110 valence electrons. The van der Waals surface area contributed by atoms with Gasteiger partial charge in [0.2, 0.25) is 0 Å². The second-order valence-corrected chi connectivity index (χ2v) is 7.22. The van der Waals surface area contributed by atoms with Gasteiger partial charge in [0.25, 0.3) is 0 Å². The molecule has 0 saturated carbocycles. The maximum absolute atomic E-state index is 6.06. The summed E-state index contributed by atoms with van der Waals surface area (Å²) in [5.41, 5.74) is 1.65. The van der Waals surface area contributed by atoms with Gasteiger partial charge in [-0.3, -0.25) is 4.90 Å². The minimum absolute atomic E-state index is 0.318. The molecule has 0 radical (unpaired) electrons. The lowest BCUT2D eigenvalue weighted by atomic mass is 9.90. The molecule has 0 bridgehead atoms.